The zero-order valence-corrected chi connectivity index (χ0v) is 33.1. The maximum Gasteiger partial charge on any atom is 0.322 e. The summed E-state index contributed by atoms with van der Waals surface area (Å²) in [5.41, 5.74) is 1.44. The second-order valence-corrected chi connectivity index (χ2v) is 18.4. The van der Waals surface area contributed by atoms with Gasteiger partial charge in [0.05, 0.1) is 25.9 Å². The molecule has 1 spiro atoms. The maximum absolute atomic E-state index is 15.2. The number of likely N-dealkylation sites (tertiary alicyclic amines) is 1. The van der Waals surface area contributed by atoms with Crippen molar-refractivity contribution in [2.75, 3.05) is 72.5 Å². The number of fused-ring (bicyclic) bond motifs is 9. The number of ether oxygens (including phenoxy) is 2. The fourth-order valence-electron chi connectivity index (χ4n) is 14.0. The number of carbonyl (C=O) groups is 2. The molecule has 4 saturated heterocycles. The summed E-state index contributed by atoms with van der Waals surface area (Å²) in [7, 11) is 7.05. The van der Waals surface area contributed by atoms with Crippen LogP contribution in [0.25, 0.3) is 10.9 Å². The van der Waals surface area contributed by atoms with Gasteiger partial charge >= 0.3 is 5.97 Å². The van der Waals surface area contributed by atoms with E-state index < -0.39 is 28.1 Å². The van der Waals surface area contributed by atoms with E-state index in [0.717, 1.165) is 90.8 Å². The first kappa shape index (κ1) is 35.8. The molecule has 7 heterocycles. The van der Waals surface area contributed by atoms with Crippen LogP contribution in [-0.4, -0.2) is 133 Å². The Labute approximate surface area is 323 Å². The average molecular weight is 752 g/mol. The minimum absolute atomic E-state index is 0.0158. The van der Waals surface area contributed by atoms with Gasteiger partial charge in [-0.1, -0.05) is 25.1 Å². The Bertz CT molecular complexity index is 2090. The Morgan fingerprint density at radius 2 is 1.84 bits per heavy atom. The summed E-state index contributed by atoms with van der Waals surface area (Å²) in [6, 6.07) is 12.3. The van der Waals surface area contributed by atoms with Crippen LogP contribution in [0.1, 0.15) is 74.3 Å². The number of benzene rings is 2. The van der Waals surface area contributed by atoms with Gasteiger partial charge in [-0.15, -0.1) is 0 Å². The van der Waals surface area contributed by atoms with E-state index in [2.05, 4.69) is 56.9 Å². The van der Waals surface area contributed by atoms with Crippen molar-refractivity contribution in [1.29, 1.82) is 0 Å². The van der Waals surface area contributed by atoms with Crippen molar-refractivity contribution in [3.8, 4) is 5.75 Å². The minimum Gasteiger partial charge on any atom is -0.496 e. The van der Waals surface area contributed by atoms with Crippen LogP contribution in [0.5, 0.6) is 5.75 Å². The number of aromatic nitrogens is 1. The number of aliphatic hydroxyl groups is 2. The first-order valence-electron chi connectivity index (χ1n) is 20.8. The highest BCUT2D eigenvalue weighted by Crippen LogP contribution is 2.67. The van der Waals surface area contributed by atoms with E-state index >= 15 is 4.79 Å². The van der Waals surface area contributed by atoms with Gasteiger partial charge in [0.25, 0.3) is 5.91 Å². The Hall–Kier alpha value is -3.64. The van der Waals surface area contributed by atoms with Crippen LogP contribution in [0.15, 0.2) is 36.4 Å². The van der Waals surface area contributed by atoms with Gasteiger partial charge in [-0.25, -0.2) is 0 Å². The summed E-state index contributed by atoms with van der Waals surface area (Å²) in [6.07, 6.45) is 6.00. The Morgan fingerprint density at radius 1 is 1.02 bits per heavy atom. The van der Waals surface area contributed by atoms with Crippen LogP contribution >= 0.6 is 0 Å². The molecule has 3 aromatic rings. The molecule has 1 aromatic heterocycles. The minimum atomic E-state index is -1.55. The number of hydrogen-bond donors (Lipinski definition) is 3. The van der Waals surface area contributed by atoms with Crippen LogP contribution in [-0.2, 0) is 31.6 Å². The van der Waals surface area contributed by atoms with E-state index in [-0.39, 0.29) is 35.7 Å². The van der Waals surface area contributed by atoms with Crippen molar-refractivity contribution < 1.29 is 29.3 Å². The zero-order chi connectivity index (χ0) is 38.2. The quantitative estimate of drug-likeness (QED) is 0.342. The fraction of sp³-hybridized carbons (Fsp3) is 0.636. The molecule has 2 aromatic carbocycles. The van der Waals surface area contributed by atoms with E-state index in [9.17, 15) is 15.0 Å². The lowest BCUT2D eigenvalue weighted by Crippen LogP contribution is -2.78. The number of piperidine rings is 3. The van der Waals surface area contributed by atoms with E-state index in [1.54, 1.807) is 12.0 Å². The number of carbonyl (C=O) groups excluding carboxylic acids is 2. The Morgan fingerprint density at radius 3 is 2.62 bits per heavy atom. The Kier molecular flexibility index (Phi) is 7.92. The predicted octanol–water partition coefficient (Wildman–Crippen LogP) is 3.81. The normalized spacial score (nSPS) is 39.3. The number of likely N-dealkylation sites (N-methyl/N-ethyl adjacent to an activating group) is 2. The third-order valence-electron chi connectivity index (χ3n) is 16.0. The van der Waals surface area contributed by atoms with Crippen molar-refractivity contribution in [3.63, 3.8) is 0 Å². The summed E-state index contributed by atoms with van der Waals surface area (Å²) in [5.74, 6) is 0.0945. The molecule has 7 aliphatic rings. The van der Waals surface area contributed by atoms with Crippen LogP contribution in [0, 0.1) is 17.8 Å². The van der Waals surface area contributed by atoms with Crippen LogP contribution in [0.2, 0.25) is 0 Å². The third kappa shape index (κ3) is 4.52. The summed E-state index contributed by atoms with van der Waals surface area (Å²) in [5, 5.41) is 26.2. The van der Waals surface area contributed by atoms with Gasteiger partial charge in [-0.2, -0.15) is 0 Å². The van der Waals surface area contributed by atoms with Gasteiger partial charge in [-0.3, -0.25) is 19.4 Å². The number of nitrogens with one attached hydrogen (secondary N) is 1. The SMILES string of the molecule is CC[C@]1(O)C[C@@H]2CN(CCc3c([nH]c4ccccc34)[C@@](C(=O)OC)(c3cc4c(cc3OC)N(C)[C@H]3[C@]5(O)C(=O)N(C)CCC5[C@@H]5CCCN6CC[C@]43C56)C2)C1. The number of aromatic amines is 1. The molecular weight excluding hydrogens is 695 g/mol. The van der Waals surface area contributed by atoms with Crippen molar-refractivity contribution in [2.24, 2.45) is 17.8 Å². The van der Waals surface area contributed by atoms with Gasteiger partial charge in [0.15, 0.2) is 5.60 Å². The molecular formula is C44H57N5O6. The molecule has 11 heteroatoms. The van der Waals surface area contributed by atoms with Gasteiger partial charge in [0.1, 0.15) is 11.2 Å². The first-order chi connectivity index (χ1) is 26.4. The Balaban J connectivity index is 1.25. The van der Waals surface area contributed by atoms with Crippen LogP contribution < -0.4 is 9.64 Å². The molecule has 294 valence electrons. The standard InChI is InChI=1S/C44H57N5O6/c1-6-41(52)22-26-23-43(40(51)55-5,36-28(13-18-48(24-26)25-41)27-10-7-8-12-33(27)45-36)32-20-31-34(21-35(32)54-4)47(3)38-42(31)15-19-49-16-9-11-29(37(42)49)30-14-17-46(2)39(50)44(30,38)53/h7-8,10,12,20-21,26,29-30,37-38,45,52-53H,6,9,11,13-19,22-25H2,1-5H3/t26-,29-,30?,37?,38+,41-,42+,43-,44-/m0/s1. The lowest BCUT2D eigenvalue weighted by molar-refractivity contribution is -0.192. The second-order valence-electron chi connectivity index (χ2n) is 18.4. The van der Waals surface area contributed by atoms with E-state index in [4.69, 9.17) is 9.47 Å². The number of amides is 1. The molecule has 5 fully saturated rings. The molecule has 3 unspecified atom stereocenters. The summed E-state index contributed by atoms with van der Waals surface area (Å²) in [6.45, 7) is 6.78. The molecule has 0 radical (unpaired) electrons. The van der Waals surface area contributed by atoms with Gasteiger partial charge in [0, 0.05) is 91.6 Å². The molecule has 3 N–H and O–H groups in total. The third-order valence-corrected chi connectivity index (χ3v) is 16.0. The number of rotatable bonds is 4. The molecule has 1 amide bonds. The van der Waals surface area contributed by atoms with Gasteiger partial charge in [-0.05, 0) is 99.6 Å². The number of H-pyrrole nitrogens is 1. The van der Waals surface area contributed by atoms with Gasteiger partial charge < -0.3 is 34.5 Å². The smallest absolute Gasteiger partial charge is 0.322 e. The summed E-state index contributed by atoms with van der Waals surface area (Å²) in [4.78, 5) is 42.5. The number of anilines is 1. The molecule has 2 bridgehead atoms. The highest BCUT2D eigenvalue weighted by atomic mass is 16.5. The average Bonchev–Trinajstić information content (AvgIpc) is 3.85. The second kappa shape index (κ2) is 12.2. The zero-order valence-electron chi connectivity index (χ0n) is 33.1. The van der Waals surface area contributed by atoms with Crippen molar-refractivity contribution in [1.82, 2.24) is 19.7 Å². The largest absolute Gasteiger partial charge is 0.496 e. The van der Waals surface area contributed by atoms with Crippen LogP contribution in [0.4, 0.5) is 5.69 Å². The fourth-order valence-corrected chi connectivity index (χ4v) is 14.0. The highest BCUT2D eigenvalue weighted by molar-refractivity contribution is 5.95. The molecule has 10 rings (SSSR count). The predicted molar refractivity (Wildman–Crippen MR) is 209 cm³/mol. The van der Waals surface area contributed by atoms with E-state index in [0.29, 0.717) is 44.5 Å². The maximum atomic E-state index is 15.2. The molecule has 11 nitrogen and oxygen atoms in total. The van der Waals surface area contributed by atoms with Crippen molar-refractivity contribution in [3.05, 3.63) is 58.8 Å². The lowest BCUT2D eigenvalue weighted by Gasteiger charge is -2.63. The van der Waals surface area contributed by atoms with Crippen LogP contribution in [0.3, 0.4) is 0 Å². The first-order valence-corrected chi connectivity index (χ1v) is 20.8. The van der Waals surface area contributed by atoms with Gasteiger partial charge in [0.2, 0.25) is 0 Å². The van der Waals surface area contributed by atoms with Crippen molar-refractivity contribution >= 4 is 28.5 Å². The lowest BCUT2D eigenvalue weighted by atomic mass is 9.49. The number of hydrogen-bond acceptors (Lipinski definition) is 9. The summed E-state index contributed by atoms with van der Waals surface area (Å²) < 4.78 is 12.4. The number of para-hydroxylation sites is 1. The number of esters is 1. The van der Waals surface area contributed by atoms with E-state index in [1.807, 2.05) is 20.2 Å². The molecule has 10 atom stereocenters. The topological polar surface area (TPSA) is 122 Å². The molecule has 1 saturated carbocycles. The monoisotopic (exact) mass is 751 g/mol. The molecule has 1 aliphatic carbocycles. The van der Waals surface area contributed by atoms with Crippen molar-refractivity contribution in [2.45, 2.75) is 92.4 Å². The number of nitrogens with zero attached hydrogens (tertiary/aromatic N) is 4. The molecule has 55 heavy (non-hydrogen) atoms. The van der Waals surface area contributed by atoms with E-state index in [1.165, 1.54) is 7.11 Å². The molecule has 6 aliphatic heterocycles. The highest BCUT2D eigenvalue weighted by Gasteiger charge is 2.76. The number of methoxy groups -OCH3 is 2. The summed E-state index contributed by atoms with van der Waals surface area (Å²) >= 11 is 0.